The molecule has 0 bridgehead atoms. The zero-order chi connectivity index (χ0) is 14.9. The number of hydrogen-bond acceptors (Lipinski definition) is 3. The van der Waals surface area contributed by atoms with Crippen LogP contribution < -0.4 is 5.32 Å². The zero-order valence-electron chi connectivity index (χ0n) is 12.5. The summed E-state index contributed by atoms with van der Waals surface area (Å²) in [6, 6.07) is 13.2. The second kappa shape index (κ2) is 6.96. The second-order valence-electron chi connectivity index (χ2n) is 5.45. The van der Waals surface area contributed by atoms with Gasteiger partial charge in [0, 0.05) is 24.5 Å². The molecule has 6 heteroatoms. The maximum atomic E-state index is 13.0. The van der Waals surface area contributed by atoms with Crippen LogP contribution in [-0.2, 0) is 10.0 Å². The maximum Gasteiger partial charge on any atom is 0.243 e. The number of sulfonamides is 1. The van der Waals surface area contributed by atoms with Gasteiger partial charge in [-0.15, -0.1) is 12.4 Å². The van der Waals surface area contributed by atoms with Crippen LogP contribution in [0.1, 0.15) is 12.8 Å². The molecule has 0 radical (unpaired) electrons. The number of rotatable bonds is 4. The van der Waals surface area contributed by atoms with Gasteiger partial charge in [0.2, 0.25) is 10.0 Å². The SMILES string of the molecule is CNCC1CCCN1S(=O)(=O)c1cccc2ccccc12.Cl. The Morgan fingerprint density at radius 1 is 1.18 bits per heavy atom. The minimum absolute atomic E-state index is 0. The number of fused-ring (bicyclic) bond motifs is 1. The van der Waals surface area contributed by atoms with Crippen LogP contribution >= 0.6 is 12.4 Å². The molecule has 1 atom stereocenters. The van der Waals surface area contributed by atoms with Crippen LogP contribution in [-0.4, -0.2) is 38.9 Å². The van der Waals surface area contributed by atoms with Crippen LogP contribution in [0.5, 0.6) is 0 Å². The van der Waals surface area contributed by atoms with E-state index in [2.05, 4.69) is 5.32 Å². The number of hydrogen-bond donors (Lipinski definition) is 1. The van der Waals surface area contributed by atoms with Gasteiger partial charge in [0.1, 0.15) is 0 Å². The summed E-state index contributed by atoms with van der Waals surface area (Å²) in [7, 11) is -1.58. The molecule has 0 amide bonds. The molecule has 1 heterocycles. The highest BCUT2D eigenvalue weighted by atomic mass is 35.5. The Hall–Kier alpha value is -1.14. The third-order valence-electron chi connectivity index (χ3n) is 4.10. The normalized spacial score (nSPS) is 19.2. The second-order valence-corrected chi connectivity index (χ2v) is 7.31. The summed E-state index contributed by atoms with van der Waals surface area (Å²) in [5.74, 6) is 0. The predicted molar refractivity (Wildman–Crippen MR) is 92.0 cm³/mol. The van der Waals surface area contributed by atoms with Crippen molar-refractivity contribution in [2.45, 2.75) is 23.8 Å². The van der Waals surface area contributed by atoms with Crippen LogP contribution in [0.4, 0.5) is 0 Å². The van der Waals surface area contributed by atoms with Gasteiger partial charge in [0.25, 0.3) is 0 Å². The van der Waals surface area contributed by atoms with Gasteiger partial charge in [-0.1, -0.05) is 36.4 Å². The molecular weight excluding hydrogens is 320 g/mol. The maximum absolute atomic E-state index is 13.0. The number of benzene rings is 2. The van der Waals surface area contributed by atoms with Crippen LogP contribution in [0.3, 0.4) is 0 Å². The molecule has 1 aliphatic heterocycles. The molecule has 3 rings (SSSR count). The summed E-state index contributed by atoms with van der Waals surface area (Å²) in [6.07, 6.45) is 1.85. The summed E-state index contributed by atoms with van der Waals surface area (Å²) < 4.78 is 27.7. The van der Waals surface area contributed by atoms with Gasteiger partial charge < -0.3 is 5.32 Å². The molecular formula is C16H21ClN2O2S. The molecule has 0 spiro atoms. The number of likely N-dealkylation sites (N-methyl/N-ethyl adjacent to an activating group) is 1. The summed E-state index contributed by atoms with van der Waals surface area (Å²) in [4.78, 5) is 0.420. The summed E-state index contributed by atoms with van der Waals surface area (Å²) in [5, 5.41) is 4.86. The molecule has 2 aromatic rings. The third kappa shape index (κ3) is 2.99. The van der Waals surface area contributed by atoms with Crippen molar-refractivity contribution < 1.29 is 8.42 Å². The van der Waals surface area contributed by atoms with Crippen molar-refractivity contribution in [1.29, 1.82) is 0 Å². The molecule has 4 nitrogen and oxygen atoms in total. The minimum Gasteiger partial charge on any atom is -0.318 e. The van der Waals surface area contributed by atoms with Crippen molar-refractivity contribution in [2.24, 2.45) is 0 Å². The highest BCUT2D eigenvalue weighted by Crippen LogP contribution is 2.30. The number of nitrogens with zero attached hydrogens (tertiary/aromatic N) is 1. The Morgan fingerprint density at radius 2 is 1.91 bits per heavy atom. The molecule has 0 aromatic heterocycles. The monoisotopic (exact) mass is 340 g/mol. The van der Waals surface area contributed by atoms with Gasteiger partial charge in [-0.2, -0.15) is 4.31 Å². The fraction of sp³-hybridized carbons (Fsp3) is 0.375. The largest absolute Gasteiger partial charge is 0.318 e. The van der Waals surface area contributed by atoms with E-state index in [1.807, 2.05) is 43.4 Å². The quantitative estimate of drug-likeness (QED) is 0.930. The smallest absolute Gasteiger partial charge is 0.243 e. The molecule has 22 heavy (non-hydrogen) atoms. The molecule has 1 saturated heterocycles. The van der Waals surface area contributed by atoms with Crippen LogP contribution in [0.15, 0.2) is 47.4 Å². The van der Waals surface area contributed by atoms with E-state index in [1.54, 1.807) is 10.4 Å². The Labute approximate surface area is 138 Å². The Kier molecular flexibility index (Phi) is 5.45. The van der Waals surface area contributed by atoms with E-state index in [0.717, 1.165) is 23.6 Å². The van der Waals surface area contributed by atoms with E-state index in [1.165, 1.54) is 0 Å². The molecule has 2 aromatic carbocycles. The van der Waals surface area contributed by atoms with E-state index < -0.39 is 10.0 Å². The predicted octanol–water partition coefficient (Wildman–Crippen LogP) is 2.63. The van der Waals surface area contributed by atoms with Gasteiger partial charge in [-0.25, -0.2) is 8.42 Å². The molecule has 0 aliphatic carbocycles. The first-order chi connectivity index (χ1) is 10.1. The summed E-state index contributed by atoms with van der Waals surface area (Å²) >= 11 is 0. The first-order valence-corrected chi connectivity index (χ1v) is 8.73. The molecule has 0 saturated carbocycles. The molecule has 1 unspecified atom stereocenters. The van der Waals surface area contributed by atoms with E-state index in [0.29, 0.717) is 18.0 Å². The van der Waals surface area contributed by atoms with Crippen molar-refractivity contribution in [2.75, 3.05) is 20.1 Å². The average molecular weight is 341 g/mol. The van der Waals surface area contributed by atoms with Gasteiger partial charge in [-0.3, -0.25) is 0 Å². The number of nitrogens with one attached hydrogen (secondary N) is 1. The Morgan fingerprint density at radius 3 is 2.68 bits per heavy atom. The average Bonchev–Trinajstić information content (AvgIpc) is 2.96. The van der Waals surface area contributed by atoms with Gasteiger partial charge >= 0.3 is 0 Å². The van der Waals surface area contributed by atoms with Crippen molar-refractivity contribution in [3.05, 3.63) is 42.5 Å². The lowest BCUT2D eigenvalue weighted by Crippen LogP contribution is -2.40. The van der Waals surface area contributed by atoms with Crippen molar-refractivity contribution in [3.8, 4) is 0 Å². The van der Waals surface area contributed by atoms with E-state index >= 15 is 0 Å². The number of halogens is 1. The molecule has 1 N–H and O–H groups in total. The third-order valence-corrected chi connectivity index (χ3v) is 6.11. The molecule has 1 fully saturated rings. The molecule has 120 valence electrons. The minimum atomic E-state index is -3.44. The van der Waals surface area contributed by atoms with Crippen LogP contribution in [0.25, 0.3) is 10.8 Å². The van der Waals surface area contributed by atoms with Gasteiger partial charge in [0.15, 0.2) is 0 Å². The van der Waals surface area contributed by atoms with Crippen LogP contribution in [0.2, 0.25) is 0 Å². The Bertz CT molecular complexity index is 743. The fourth-order valence-corrected chi connectivity index (χ4v) is 5.02. The zero-order valence-corrected chi connectivity index (χ0v) is 14.2. The van der Waals surface area contributed by atoms with E-state index in [9.17, 15) is 8.42 Å². The van der Waals surface area contributed by atoms with Crippen molar-refractivity contribution >= 4 is 33.2 Å². The summed E-state index contributed by atoms with van der Waals surface area (Å²) in [6.45, 7) is 1.31. The topological polar surface area (TPSA) is 49.4 Å². The Balaban J connectivity index is 0.00000176. The van der Waals surface area contributed by atoms with E-state index in [4.69, 9.17) is 0 Å². The van der Waals surface area contributed by atoms with Crippen molar-refractivity contribution in [1.82, 2.24) is 9.62 Å². The highest BCUT2D eigenvalue weighted by Gasteiger charge is 2.35. The van der Waals surface area contributed by atoms with Crippen molar-refractivity contribution in [3.63, 3.8) is 0 Å². The standard InChI is InChI=1S/C16H20N2O2S.ClH/c1-17-12-14-8-5-11-18(14)21(19,20)16-10-4-7-13-6-2-3-9-15(13)16;/h2-4,6-7,9-10,14,17H,5,8,11-12H2,1H3;1H. The lowest BCUT2D eigenvalue weighted by molar-refractivity contribution is 0.379. The van der Waals surface area contributed by atoms with Gasteiger partial charge in [0.05, 0.1) is 4.90 Å². The highest BCUT2D eigenvalue weighted by molar-refractivity contribution is 7.89. The lowest BCUT2D eigenvalue weighted by Gasteiger charge is -2.24. The first kappa shape index (κ1) is 17.2. The molecule has 1 aliphatic rings. The van der Waals surface area contributed by atoms with Gasteiger partial charge in [-0.05, 0) is 31.3 Å². The fourth-order valence-electron chi connectivity index (χ4n) is 3.11. The van der Waals surface area contributed by atoms with Crippen LogP contribution in [0, 0.1) is 0 Å². The van der Waals surface area contributed by atoms with E-state index in [-0.39, 0.29) is 18.4 Å². The summed E-state index contributed by atoms with van der Waals surface area (Å²) in [5.41, 5.74) is 0. The lowest BCUT2D eigenvalue weighted by atomic mass is 10.1. The first-order valence-electron chi connectivity index (χ1n) is 7.29.